The van der Waals surface area contributed by atoms with Crippen LogP contribution in [0.15, 0.2) is 71.6 Å². The predicted octanol–water partition coefficient (Wildman–Crippen LogP) is 5.42. The van der Waals surface area contributed by atoms with Crippen LogP contribution < -0.4 is 10.0 Å². The van der Waals surface area contributed by atoms with Gasteiger partial charge in [0.2, 0.25) is 10.0 Å². The molecule has 0 heterocycles. The van der Waals surface area contributed by atoms with Crippen LogP contribution >= 0.6 is 23.2 Å². The van der Waals surface area contributed by atoms with Crippen LogP contribution in [0.3, 0.4) is 0 Å². The maximum Gasteiger partial charge on any atom is 0.257 e. The second-order valence-corrected chi connectivity index (χ2v) is 9.03. The molecule has 2 N–H and O–H groups in total. The van der Waals surface area contributed by atoms with Crippen LogP contribution in [-0.4, -0.2) is 14.3 Å². The molecule has 30 heavy (non-hydrogen) atoms. The number of nitrogens with one attached hydrogen (secondary N) is 2. The van der Waals surface area contributed by atoms with Crippen molar-refractivity contribution >= 4 is 44.8 Å². The lowest BCUT2D eigenvalue weighted by Crippen LogP contribution is -2.27. The number of amides is 1. The highest BCUT2D eigenvalue weighted by atomic mass is 35.5. The molecule has 156 valence electrons. The third kappa shape index (κ3) is 5.17. The molecule has 0 unspecified atom stereocenters. The second kappa shape index (κ2) is 9.14. The molecule has 0 aromatic heterocycles. The summed E-state index contributed by atoms with van der Waals surface area (Å²) in [6.07, 6.45) is 0. The number of hydrogen-bond acceptors (Lipinski definition) is 3. The molecular formula is C21H17Cl2FN2O3S. The fraction of sp³-hybridized carbons (Fsp3) is 0.0952. The van der Waals surface area contributed by atoms with Crippen LogP contribution in [0.2, 0.25) is 10.0 Å². The molecule has 1 atom stereocenters. The van der Waals surface area contributed by atoms with E-state index in [2.05, 4.69) is 10.0 Å². The molecule has 9 heteroatoms. The van der Waals surface area contributed by atoms with Crippen molar-refractivity contribution in [3.63, 3.8) is 0 Å². The minimum atomic E-state index is -3.98. The van der Waals surface area contributed by atoms with Crippen LogP contribution in [0.5, 0.6) is 0 Å². The molecule has 5 nitrogen and oxygen atoms in total. The smallest absolute Gasteiger partial charge is 0.257 e. The van der Waals surface area contributed by atoms with E-state index in [1.54, 1.807) is 31.2 Å². The minimum absolute atomic E-state index is 0.107. The van der Waals surface area contributed by atoms with Crippen molar-refractivity contribution in [3.05, 3.63) is 93.7 Å². The fourth-order valence-corrected chi connectivity index (χ4v) is 4.48. The lowest BCUT2D eigenvalue weighted by molar-refractivity contribution is 0.102. The Labute approximate surface area is 183 Å². The van der Waals surface area contributed by atoms with Crippen molar-refractivity contribution in [2.45, 2.75) is 17.9 Å². The van der Waals surface area contributed by atoms with Crippen molar-refractivity contribution in [3.8, 4) is 0 Å². The topological polar surface area (TPSA) is 75.3 Å². The normalized spacial score (nSPS) is 12.4. The van der Waals surface area contributed by atoms with Crippen molar-refractivity contribution in [1.29, 1.82) is 0 Å². The first kappa shape index (κ1) is 22.2. The van der Waals surface area contributed by atoms with Gasteiger partial charge < -0.3 is 5.32 Å². The van der Waals surface area contributed by atoms with Gasteiger partial charge in [0, 0.05) is 11.1 Å². The molecule has 0 bridgehead atoms. The van der Waals surface area contributed by atoms with Crippen LogP contribution in [0.25, 0.3) is 0 Å². The summed E-state index contributed by atoms with van der Waals surface area (Å²) in [5.74, 6) is -1.55. The Morgan fingerprint density at radius 1 is 1.00 bits per heavy atom. The Balaban J connectivity index is 1.78. The van der Waals surface area contributed by atoms with Gasteiger partial charge in [-0.1, -0.05) is 53.5 Å². The van der Waals surface area contributed by atoms with Gasteiger partial charge in [0.05, 0.1) is 21.2 Å². The van der Waals surface area contributed by atoms with Gasteiger partial charge in [-0.2, -0.15) is 0 Å². The van der Waals surface area contributed by atoms with Crippen LogP contribution in [0, 0.1) is 5.82 Å². The summed E-state index contributed by atoms with van der Waals surface area (Å²) >= 11 is 11.8. The Morgan fingerprint density at radius 2 is 1.70 bits per heavy atom. The van der Waals surface area contributed by atoms with Crippen molar-refractivity contribution < 1.29 is 17.6 Å². The molecule has 0 aliphatic heterocycles. The molecule has 0 saturated carbocycles. The molecule has 0 radical (unpaired) electrons. The monoisotopic (exact) mass is 466 g/mol. The molecule has 0 aliphatic carbocycles. The first-order valence-corrected chi connectivity index (χ1v) is 11.0. The number of carbonyl (C=O) groups excluding carboxylic acids is 1. The zero-order chi connectivity index (χ0) is 21.9. The molecule has 3 rings (SSSR count). The predicted molar refractivity (Wildman–Crippen MR) is 116 cm³/mol. The van der Waals surface area contributed by atoms with Gasteiger partial charge >= 0.3 is 0 Å². The fourth-order valence-electron chi connectivity index (χ4n) is 2.74. The van der Waals surface area contributed by atoms with Gasteiger partial charge in [-0.25, -0.2) is 17.5 Å². The number of hydrogen-bond donors (Lipinski definition) is 2. The van der Waals surface area contributed by atoms with Crippen molar-refractivity contribution in [2.24, 2.45) is 0 Å². The zero-order valence-corrected chi connectivity index (χ0v) is 18.0. The Bertz CT molecular complexity index is 1190. The first-order valence-electron chi connectivity index (χ1n) is 8.80. The minimum Gasteiger partial charge on any atom is -0.319 e. The SMILES string of the molecule is C[C@@H](NS(=O)(=O)c1ccc(NC(=O)c2ccc(Cl)cc2Cl)c(F)c1)c1ccccc1. The maximum absolute atomic E-state index is 14.5. The van der Waals surface area contributed by atoms with E-state index in [4.69, 9.17) is 23.2 Å². The highest BCUT2D eigenvalue weighted by Crippen LogP contribution is 2.25. The summed E-state index contributed by atoms with van der Waals surface area (Å²) in [5, 5.41) is 2.84. The van der Waals surface area contributed by atoms with Crippen molar-refractivity contribution in [1.82, 2.24) is 4.72 Å². The van der Waals surface area contributed by atoms with E-state index in [9.17, 15) is 17.6 Å². The Kier molecular flexibility index (Phi) is 6.77. The van der Waals surface area contributed by atoms with Crippen LogP contribution in [-0.2, 0) is 10.0 Å². The standard InChI is InChI=1S/C21H17Cl2FN2O3S/c1-13(14-5-3-2-4-6-14)26-30(28,29)16-8-10-20(19(24)12-16)25-21(27)17-9-7-15(22)11-18(17)23/h2-13,26H,1H3,(H,25,27)/t13-/m1/s1. The molecule has 3 aromatic carbocycles. The van der Waals surface area contributed by atoms with Gasteiger partial charge in [-0.05, 0) is 48.9 Å². The lowest BCUT2D eigenvalue weighted by Gasteiger charge is -2.15. The maximum atomic E-state index is 14.5. The lowest BCUT2D eigenvalue weighted by atomic mass is 10.1. The first-order chi connectivity index (χ1) is 14.2. The van der Waals surface area contributed by atoms with Gasteiger partial charge in [-0.3, -0.25) is 4.79 Å². The highest BCUT2D eigenvalue weighted by molar-refractivity contribution is 7.89. The Hall–Kier alpha value is -2.45. The summed E-state index contributed by atoms with van der Waals surface area (Å²) < 4.78 is 42.2. The molecule has 1 amide bonds. The van der Waals surface area contributed by atoms with E-state index in [1.807, 2.05) is 6.07 Å². The second-order valence-electron chi connectivity index (χ2n) is 6.47. The van der Waals surface area contributed by atoms with Gasteiger partial charge in [0.1, 0.15) is 5.82 Å². The number of sulfonamides is 1. The number of benzene rings is 3. The summed E-state index contributed by atoms with van der Waals surface area (Å²) in [7, 11) is -3.98. The molecule has 0 aliphatic rings. The van der Waals surface area contributed by atoms with Gasteiger partial charge in [0.25, 0.3) is 5.91 Å². The van der Waals surface area contributed by atoms with E-state index in [1.165, 1.54) is 30.3 Å². The van der Waals surface area contributed by atoms with E-state index in [0.29, 0.717) is 5.02 Å². The molecule has 3 aromatic rings. The number of rotatable bonds is 6. The number of halogens is 3. The Morgan fingerprint density at radius 3 is 2.33 bits per heavy atom. The summed E-state index contributed by atoms with van der Waals surface area (Å²) in [6.45, 7) is 1.69. The van der Waals surface area contributed by atoms with E-state index >= 15 is 0 Å². The largest absolute Gasteiger partial charge is 0.319 e. The van der Waals surface area contributed by atoms with E-state index in [0.717, 1.165) is 11.6 Å². The third-order valence-electron chi connectivity index (χ3n) is 4.31. The van der Waals surface area contributed by atoms with Crippen molar-refractivity contribution in [2.75, 3.05) is 5.32 Å². The number of carbonyl (C=O) groups is 1. The quantitative estimate of drug-likeness (QED) is 0.508. The molecule has 0 saturated heterocycles. The average Bonchev–Trinajstić information content (AvgIpc) is 2.69. The van der Waals surface area contributed by atoms with Crippen LogP contribution in [0.1, 0.15) is 28.9 Å². The zero-order valence-electron chi connectivity index (χ0n) is 15.7. The summed E-state index contributed by atoms with van der Waals surface area (Å²) in [5.41, 5.74) is 0.696. The average molecular weight is 467 g/mol. The summed E-state index contributed by atoms with van der Waals surface area (Å²) in [4.78, 5) is 12.1. The molecular weight excluding hydrogens is 450 g/mol. The van der Waals surface area contributed by atoms with Gasteiger partial charge in [0.15, 0.2) is 0 Å². The molecule has 0 spiro atoms. The molecule has 0 fully saturated rings. The van der Waals surface area contributed by atoms with Crippen LogP contribution in [0.4, 0.5) is 10.1 Å². The third-order valence-corrected chi connectivity index (χ3v) is 6.39. The highest BCUT2D eigenvalue weighted by Gasteiger charge is 2.21. The van der Waals surface area contributed by atoms with Gasteiger partial charge in [-0.15, -0.1) is 0 Å². The summed E-state index contributed by atoms with van der Waals surface area (Å²) in [6, 6.07) is 16.0. The van der Waals surface area contributed by atoms with E-state index < -0.39 is 27.8 Å². The number of anilines is 1. The van der Waals surface area contributed by atoms with E-state index in [-0.39, 0.29) is 21.2 Å².